The molecule has 1 heterocycles. The van der Waals surface area contributed by atoms with E-state index in [2.05, 4.69) is 0 Å². The second-order valence-electron chi connectivity index (χ2n) is 8.10. The Balaban J connectivity index is 2.31. The van der Waals surface area contributed by atoms with Crippen molar-refractivity contribution in [3.8, 4) is 11.4 Å². The van der Waals surface area contributed by atoms with E-state index < -0.39 is 6.10 Å². The highest BCUT2D eigenvalue weighted by Gasteiger charge is 2.28. The van der Waals surface area contributed by atoms with E-state index in [1.165, 1.54) is 0 Å². The number of aromatic nitrogens is 2. The van der Waals surface area contributed by atoms with E-state index in [-0.39, 0.29) is 16.0 Å². The minimum absolute atomic E-state index is 0.0527. The van der Waals surface area contributed by atoms with Crippen molar-refractivity contribution in [3.63, 3.8) is 0 Å². The summed E-state index contributed by atoms with van der Waals surface area (Å²) in [6, 6.07) is 11.1. The van der Waals surface area contributed by atoms with Crippen LogP contribution >= 0.6 is 0 Å². The minimum atomic E-state index is -0.627. The molecule has 27 heavy (non-hydrogen) atoms. The fourth-order valence-corrected chi connectivity index (χ4v) is 3.21. The molecule has 0 saturated heterocycles. The lowest BCUT2D eigenvalue weighted by molar-refractivity contribution is -0.384. The van der Waals surface area contributed by atoms with Crippen molar-refractivity contribution in [3.05, 3.63) is 57.6 Å². The molecule has 0 spiro atoms. The number of nitro benzene ring substituents is 1. The summed E-state index contributed by atoms with van der Waals surface area (Å²) >= 11 is 0. The second-order valence-corrected chi connectivity index (χ2v) is 8.10. The average molecular weight is 367 g/mol. The Morgan fingerprint density at radius 3 is 2.41 bits per heavy atom. The Bertz CT molecular complexity index is 1020. The van der Waals surface area contributed by atoms with Gasteiger partial charge in [-0.1, -0.05) is 45.0 Å². The summed E-state index contributed by atoms with van der Waals surface area (Å²) in [6.45, 7) is 9.91. The molecular formula is C21H25N3O3. The lowest BCUT2D eigenvalue weighted by Gasteiger charge is -2.27. The number of rotatable bonds is 4. The van der Waals surface area contributed by atoms with Crippen LogP contribution in [-0.4, -0.2) is 25.7 Å². The predicted octanol–water partition coefficient (Wildman–Crippen LogP) is 4.64. The normalized spacial score (nSPS) is 13.1. The summed E-state index contributed by atoms with van der Waals surface area (Å²) in [5.41, 5.74) is 3.44. The molecule has 2 aromatic carbocycles. The average Bonchev–Trinajstić information content (AvgIpc) is 2.93. The number of nitrogens with zero attached hydrogens (tertiary/aromatic N) is 3. The fraction of sp³-hybridized carbons (Fsp3) is 0.381. The maximum absolute atomic E-state index is 11.7. The van der Waals surface area contributed by atoms with E-state index in [1.54, 1.807) is 25.1 Å². The first-order valence-electron chi connectivity index (χ1n) is 8.99. The van der Waals surface area contributed by atoms with Crippen molar-refractivity contribution in [2.24, 2.45) is 5.41 Å². The summed E-state index contributed by atoms with van der Waals surface area (Å²) in [5.74, 6) is 0.512. The molecule has 1 N–H and O–H groups in total. The van der Waals surface area contributed by atoms with E-state index in [0.717, 1.165) is 16.6 Å². The molecule has 0 saturated carbocycles. The Labute approximate surface area is 158 Å². The number of aliphatic hydroxyl groups is 1. The van der Waals surface area contributed by atoms with Gasteiger partial charge in [0.05, 0.1) is 34.2 Å². The smallest absolute Gasteiger partial charge is 0.283 e. The molecule has 0 amide bonds. The third kappa shape index (κ3) is 3.45. The molecule has 3 aromatic rings. The molecule has 0 aliphatic rings. The van der Waals surface area contributed by atoms with Crippen LogP contribution in [0.2, 0.25) is 0 Å². The highest BCUT2D eigenvalue weighted by Crippen LogP contribution is 2.35. The van der Waals surface area contributed by atoms with Gasteiger partial charge in [-0.05, 0) is 37.0 Å². The molecule has 142 valence electrons. The summed E-state index contributed by atoms with van der Waals surface area (Å²) in [7, 11) is 0. The second kappa shape index (κ2) is 6.78. The molecule has 6 nitrogen and oxygen atoms in total. The first-order valence-corrected chi connectivity index (χ1v) is 8.99. The number of aryl methyl sites for hydroxylation is 2. The molecule has 1 unspecified atom stereocenters. The Hall–Kier alpha value is -2.73. The van der Waals surface area contributed by atoms with E-state index in [4.69, 9.17) is 4.98 Å². The van der Waals surface area contributed by atoms with Crippen LogP contribution in [0, 0.1) is 29.4 Å². The highest BCUT2D eigenvalue weighted by atomic mass is 16.6. The van der Waals surface area contributed by atoms with Crippen LogP contribution in [0.4, 0.5) is 5.69 Å². The van der Waals surface area contributed by atoms with Crippen LogP contribution in [0.1, 0.15) is 31.9 Å². The first-order chi connectivity index (χ1) is 12.6. The van der Waals surface area contributed by atoms with Gasteiger partial charge in [0.2, 0.25) is 0 Å². The summed E-state index contributed by atoms with van der Waals surface area (Å²) < 4.78 is 1.90. The van der Waals surface area contributed by atoms with Crippen molar-refractivity contribution >= 4 is 16.7 Å². The van der Waals surface area contributed by atoms with Gasteiger partial charge in [-0.15, -0.1) is 0 Å². The standard InChI is InChI=1S/C21H25N3O3/c1-13-8-7-11-16-18(13)22-20(23(16)12-17(25)21(3,4)5)15-10-6-9-14(2)19(15)24(26)27/h6-11,17,25H,12H2,1-5H3. The van der Waals surface area contributed by atoms with Gasteiger partial charge in [-0.2, -0.15) is 0 Å². The lowest BCUT2D eigenvalue weighted by Crippen LogP contribution is -2.30. The number of fused-ring (bicyclic) bond motifs is 1. The van der Waals surface area contributed by atoms with Crippen LogP contribution in [0.5, 0.6) is 0 Å². The maximum Gasteiger partial charge on any atom is 0.283 e. The Morgan fingerprint density at radius 1 is 1.15 bits per heavy atom. The van der Waals surface area contributed by atoms with E-state index in [1.807, 2.05) is 50.5 Å². The largest absolute Gasteiger partial charge is 0.391 e. The highest BCUT2D eigenvalue weighted by molar-refractivity contribution is 5.85. The van der Waals surface area contributed by atoms with Crippen LogP contribution in [0.3, 0.4) is 0 Å². The van der Waals surface area contributed by atoms with E-state index in [9.17, 15) is 15.2 Å². The molecule has 6 heteroatoms. The minimum Gasteiger partial charge on any atom is -0.391 e. The number of hydrogen-bond donors (Lipinski definition) is 1. The number of benzene rings is 2. The summed E-state index contributed by atoms with van der Waals surface area (Å²) in [6.07, 6.45) is -0.627. The third-order valence-electron chi connectivity index (χ3n) is 5.00. The molecule has 0 fully saturated rings. The van der Waals surface area contributed by atoms with Gasteiger partial charge >= 0.3 is 0 Å². The van der Waals surface area contributed by atoms with Gasteiger partial charge in [0, 0.05) is 5.56 Å². The maximum atomic E-state index is 11.7. The molecule has 0 aliphatic heterocycles. The van der Waals surface area contributed by atoms with Crippen LogP contribution in [-0.2, 0) is 6.54 Å². The zero-order chi connectivity index (χ0) is 19.9. The third-order valence-corrected chi connectivity index (χ3v) is 5.00. The SMILES string of the molecule is Cc1cccc(-c2nc3c(C)cccc3n2CC(O)C(C)(C)C)c1[N+](=O)[O-]. The van der Waals surface area contributed by atoms with Gasteiger partial charge in [0.1, 0.15) is 5.82 Å². The summed E-state index contributed by atoms with van der Waals surface area (Å²) in [5, 5.41) is 22.4. The van der Waals surface area contributed by atoms with E-state index >= 15 is 0 Å². The van der Waals surface area contributed by atoms with Crippen molar-refractivity contribution < 1.29 is 10.0 Å². The molecule has 0 radical (unpaired) electrons. The monoisotopic (exact) mass is 367 g/mol. The molecule has 0 bridgehead atoms. The van der Waals surface area contributed by atoms with Crippen molar-refractivity contribution in [1.29, 1.82) is 0 Å². The molecule has 0 aliphatic carbocycles. The zero-order valence-corrected chi connectivity index (χ0v) is 16.4. The number of aliphatic hydroxyl groups excluding tert-OH is 1. The topological polar surface area (TPSA) is 81.2 Å². The Kier molecular flexibility index (Phi) is 4.78. The van der Waals surface area contributed by atoms with Gasteiger partial charge in [0.25, 0.3) is 5.69 Å². The number of para-hydroxylation sites is 2. The fourth-order valence-electron chi connectivity index (χ4n) is 3.21. The molecular weight excluding hydrogens is 342 g/mol. The van der Waals surface area contributed by atoms with Crippen molar-refractivity contribution in [1.82, 2.24) is 9.55 Å². The number of imidazole rings is 1. The van der Waals surface area contributed by atoms with Gasteiger partial charge < -0.3 is 9.67 Å². The molecule has 1 aromatic heterocycles. The molecule has 3 rings (SSSR count). The first kappa shape index (κ1) is 19.0. The van der Waals surface area contributed by atoms with Crippen LogP contribution < -0.4 is 0 Å². The van der Waals surface area contributed by atoms with Gasteiger partial charge in [-0.3, -0.25) is 10.1 Å². The predicted molar refractivity (Wildman–Crippen MR) is 107 cm³/mol. The van der Waals surface area contributed by atoms with E-state index in [0.29, 0.717) is 23.5 Å². The van der Waals surface area contributed by atoms with Crippen molar-refractivity contribution in [2.75, 3.05) is 0 Å². The Morgan fingerprint density at radius 2 is 1.78 bits per heavy atom. The quantitative estimate of drug-likeness (QED) is 0.538. The van der Waals surface area contributed by atoms with Crippen LogP contribution in [0.25, 0.3) is 22.4 Å². The number of nitro groups is 1. The zero-order valence-electron chi connectivity index (χ0n) is 16.4. The number of hydrogen-bond acceptors (Lipinski definition) is 4. The summed E-state index contributed by atoms with van der Waals surface area (Å²) in [4.78, 5) is 16.1. The molecule has 1 atom stereocenters. The van der Waals surface area contributed by atoms with Crippen LogP contribution in [0.15, 0.2) is 36.4 Å². The lowest BCUT2D eigenvalue weighted by atomic mass is 9.89. The van der Waals surface area contributed by atoms with Gasteiger partial charge in [0.15, 0.2) is 0 Å². The van der Waals surface area contributed by atoms with Crippen molar-refractivity contribution in [2.45, 2.75) is 47.3 Å². The van der Waals surface area contributed by atoms with Gasteiger partial charge in [-0.25, -0.2) is 4.98 Å².